The third-order valence-electron chi connectivity index (χ3n) is 3.10. The molecule has 1 rings (SSSR count). The molecule has 0 spiro atoms. The zero-order chi connectivity index (χ0) is 11.6. The van der Waals surface area contributed by atoms with Crippen LogP contribution in [-0.4, -0.2) is 12.6 Å². The Morgan fingerprint density at radius 3 is 2.69 bits per heavy atom. The third-order valence-corrected chi connectivity index (χ3v) is 3.10. The maximum Gasteiger partial charge on any atom is 0.0328 e. The summed E-state index contributed by atoms with van der Waals surface area (Å²) in [6, 6.07) is 0.656. The van der Waals surface area contributed by atoms with Crippen LogP contribution in [0.2, 0.25) is 0 Å². The zero-order valence-corrected chi connectivity index (χ0v) is 10.5. The number of allylic oxidation sites excluding steroid dienone is 3. The average Bonchev–Trinajstić information content (AvgIpc) is 2.34. The molecule has 92 valence electrons. The predicted molar refractivity (Wildman–Crippen MR) is 71.2 cm³/mol. The summed E-state index contributed by atoms with van der Waals surface area (Å²) < 4.78 is 0. The van der Waals surface area contributed by atoms with E-state index >= 15 is 0 Å². The van der Waals surface area contributed by atoms with Gasteiger partial charge in [0.15, 0.2) is 0 Å². The van der Waals surface area contributed by atoms with Crippen LogP contribution in [0.4, 0.5) is 0 Å². The second kappa shape index (κ2) is 8.40. The maximum absolute atomic E-state index is 5.74. The Hall–Kier alpha value is -0.760. The highest BCUT2D eigenvalue weighted by Gasteiger charge is 2.12. The first-order valence-corrected chi connectivity index (χ1v) is 6.69. The average molecular weight is 222 g/mol. The molecule has 0 unspecified atom stereocenters. The van der Waals surface area contributed by atoms with Crippen LogP contribution in [0.1, 0.15) is 51.9 Å². The summed E-state index contributed by atoms with van der Waals surface area (Å²) >= 11 is 0. The van der Waals surface area contributed by atoms with Crippen molar-refractivity contribution in [2.24, 2.45) is 5.73 Å². The van der Waals surface area contributed by atoms with Crippen molar-refractivity contribution >= 4 is 0 Å². The van der Waals surface area contributed by atoms with Crippen LogP contribution in [0.25, 0.3) is 0 Å². The molecule has 0 saturated heterocycles. The highest BCUT2D eigenvalue weighted by atomic mass is 14.9. The number of hydrogen-bond donors (Lipinski definition) is 2. The minimum atomic E-state index is 0.618. The Balaban J connectivity index is 2.34. The lowest BCUT2D eigenvalue weighted by Gasteiger charge is -2.24. The van der Waals surface area contributed by atoms with Gasteiger partial charge in [0.1, 0.15) is 0 Å². The minimum Gasteiger partial charge on any atom is -0.385 e. The SMILES string of the molecule is CCC/C=C\C=C(/CN)NC1CCCCC1. The zero-order valence-electron chi connectivity index (χ0n) is 10.5. The Morgan fingerprint density at radius 1 is 1.31 bits per heavy atom. The van der Waals surface area contributed by atoms with Crippen molar-refractivity contribution in [1.82, 2.24) is 5.32 Å². The van der Waals surface area contributed by atoms with Gasteiger partial charge in [0.25, 0.3) is 0 Å². The molecule has 0 aliphatic heterocycles. The Bertz CT molecular complexity index is 225. The summed E-state index contributed by atoms with van der Waals surface area (Å²) in [5.41, 5.74) is 6.92. The van der Waals surface area contributed by atoms with Crippen molar-refractivity contribution in [3.63, 3.8) is 0 Å². The molecule has 1 aliphatic rings. The van der Waals surface area contributed by atoms with Crippen molar-refractivity contribution in [1.29, 1.82) is 0 Å². The van der Waals surface area contributed by atoms with Gasteiger partial charge in [-0.15, -0.1) is 0 Å². The van der Waals surface area contributed by atoms with Crippen LogP contribution in [-0.2, 0) is 0 Å². The van der Waals surface area contributed by atoms with Crippen LogP contribution in [0.15, 0.2) is 23.9 Å². The van der Waals surface area contributed by atoms with Crippen molar-refractivity contribution in [3.8, 4) is 0 Å². The molecule has 1 saturated carbocycles. The van der Waals surface area contributed by atoms with Gasteiger partial charge in [-0.3, -0.25) is 0 Å². The van der Waals surface area contributed by atoms with Gasteiger partial charge < -0.3 is 11.1 Å². The van der Waals surface area contributed by atoms with E-state index in [0.717, 1.165) is 6.42 Å². The van der Waals surface area contributed by atoms with Gasteiger partial charge in [-0.2, -0.15) is 0 Å². The fourth-order valence-electron chi connectivity index (χ4n) is 2.13. The van der Waals surface area contributed by atoms with E-state index in [-0.39, 0.29) is 0 Å². The molecule has 0 radical (unpaired) electrons. The predicted octanol–water partition coefficient (Wildman–Crippen LogP) is 3.11. The molecule has 0 aromatic heterocycles. The van der Waals surface area contributed by atoms with Gasteiger partial charge in [-0.25, -0.2) is 0 Å². The second-order valence-electron chi connectivity index (χ2n) is 4.59. The maximum atomic E-state index is 5.74. The van der Waals surface area contributed by atoms with Crippen molar-refractivity contribution in [2.75, 3.05) is 6.54 Å². The Labute approximate surface area is 100.0 Å². The number of rotatable bonds is 6. The summed E-state index contributed by atoms with van der Waals surface area (Å²) in [5.74, 6) is 0. The summed E-state index contributed by atoms with van der Waals surface area (Å²) in [5, 5.41) is 3.57. The normalized spacial score (nSPS) is 19.2. The van der Waals surface area contributed by atoms with Gasteiger partial charge in [0.2, 0.25) is 0 Å². The molecule has 1 aliphatic carbocycles. The summed E-state index contributed by atoms with van der Waals surface area (Å²) in [7, 11) is 0. The molecular weight excluding hydrogens is 196 g/mol. The second-order valence-corrected chi connectivity index (χ2v) is 4.59. The number of nitrogens with one attached hydrogen (secondary N) is 1. The van der Waals surface area contributed by atoms with E-state index < -0.39 is 0 Å². The van der Waals surface area contributed by atoms with Crippen molar-refractivity contribution in [2.45, 2.75) is 57.9 Å². The van der Waals surface area contributed by atoms with Gasteiger partial charge >= 0.3 is 0 Å². The smallest absolute Gasteiger partial charge is 0.0328 e. The van der Waals surface area contributed by atoms with Gasteiger partial charge in [-0.05, 0) is 25.3 Å². The largest absolute Gasteiger partial charge is 0.385 e. The van der Waals surface area contributed by atoms with E-state index in [1.165, 1.54) is 44.2 Å². The van der Waals surface area contributed by atoms with Crippen LogP contribution in [0.3, 0.4) is 0 Å². The minimum absolute atomic E-state index is 0.618. The first kappa shape index (κ1) is 13.3. The summed E-state index contributed by atoms with van der Waals surface area (Å²) in [6.45, 7) is 2.81. The highest BCUT2D eigenvalue weighted by molar-refractivity contribution is 5.13. The summed E-state index contributed by atoms with van der Waals surface area (Å²) in [4.78, 5) is 0. The third kappa shape index (κ3) is 5.36. The number of nitrogens with two attached hydrogens (primary N) is 1. The molecular formula is C14H26N2. The fourth-order valence-corrected chi connectivity index (χ4v) is 2.13. The first-order chi connectivity index (χ1) is 7.86. The topological polar surface area (TPSA) is 38.0 Å². The lowest BCUT2D eigenvalue weighted by atomic mass is 9.95. The van der Waals surface area contributed by atoms with Gasteiger partial charge in [0, 0.05) is 18.3 Å². The molecule has 0 heterocycles. The molecule has 3 N–H and O–H groups in total. The molecule has 0 aromatic carbocycles. The van der Waals surface area contributed by atoms with E-state index in [2.05, 4.69) is 30.5 Å². The van der Waals surface area contributed by atoms with Crippen LogP contribution < -0.4 is 11.1 Å². The molecule has 0 amide bonds. The molecule has 0 bridgehead atoms. The van der Waals surface area contributed by atoms with Crippen LogP contribution in [0.5, 0.6) is 0 Å². The lowest BCUT2D eigenvalue weighted by Crippen LogP contribution is -2.33. The van der Waals surface area contributed by atoms with E-state index in [9.17, 15) is 0 Å². The number of hydrogen-bond acceptors (Lipinski definition) is 2. The van der Waals surface area contributed by atoms with Crippen molar-refractivity contribution < 1.29 is 0 Å². The van der Waals surface area contributed by atoms with Gasteiger partial charge in [-0.1, -0.05) is 44.8 Å². The Kier molecular flexibility index (Phi) is 6.98. The van der Waals surface area contributed by atoms with E-state index in [1.54, 1.807) is 0 Å². The molecule has 0 aromatic rings. The van der Waals surface area contributed by atoms with E-state index in [4.69, 9.17) is 5.73 Å². The lowest BCUT2D eigenvalue weighted by molar-refractivity contribution is 0.395. The Morgan fingerprint density at radius 2 is 2.06 bits per heavy atom. The van der Waals surface area contributed by atoms with E-state index in [0.29, 0.717) is 12.6 Å². The quantitative estimate of drug-likeness (QED) is 0.678. The molecule has 1 fully saturated rings. The summed E-state index contributed by atoms with van der Waals surface area (Å²) in [6.07, 6.45) is 15.5. The van der Waals surface area contributed by atoms with Crippen LogP contribution >= 0.6 is 0 Å². The molecule has 2 nitrogen and oxygen atoms in total. The first-order valence-electron chi connectivity index (χ1n) is 6.69. The standard InChI is InChI=1S/C14H26N2/c1-2-3-4-6-11-14(12-15)16-13-9-7-5-8-10-13/h4,6,11,13,16H,2-3,5,7-10,12,15H2,1H3/b6-4-,14-11+. The van der Waals surface area contributed by atoms with Crippen molar-refractivity contribution in [3.05, 3.63) is 23.9 Å². The highest BCUT2D eigenvalue weighted by Crippen LogP contribution is 2.18. The van der Waals surface area contributed by atoms with Crippen LogP contribution in [0, 0.1) is 0 Å². The van der Waals surface area contributed by atoms with Gasteiger partial charge in [0.05, 0.1) is 0 Å². The number of unbranched alkanes of at least 4 members (excludes halogenated alkanes) is 1. The fraction of sp³-hybridized carbons (Fsp3) is 0.714. The molecule has 16 heavy (non-hydrogen) atoms. The molecule has 0 atom stereocenters. The molecule has 2 heteroatoms. The monoisotopic (exact) mass is 222 g/mol. The van der Waals surface area contributed by atoms with E-state index in [1.807, 2.05) is 0 Å².